The van der Waals surface area contributed by atoms with Gasteiger partial charge in [-0.05, 0) is 23.3 Å². The molecular weight excluding hydrogens is 350 g/mol. The van der Waals surface area contributed by atoms with Crippen LogP contribution in [0.3, 0.4) is 0 Å². The molecule has 9 heteroatoms. The van der Waals surface area contributed by atoms with Crippen LogP contribution in [0.2, 0.25) is 0 Å². The summed E-state index contributed by atoms with van der Waals surface area (Å²) in [6.45, 7) is 0. The number of carbonyl (C=O) groups is 1. The van der Waals surface area contributed by atoms with E-state index in [1.165, 1.54) is 10.6 Å². The molecular formula is C16H14FN2O5P. The Labute approximate surface area is 141 Å². The van der Waals surface area contributed by atoms with Crippen molar-refractivity contribution in [2.45, 2.75) is 11.8 Å². The van der Waals surface area contributed by atoms with Crippen molar-refractivity contribution < 1.29 is 28.6 Å². The first kappa shape index (κ1) is 17.3. The molecule has 130 valence electrons. The van der Waals surface area contributed by atoms with Gasteiger partial charge in [-0.1, -0.05) is 30.3 Å². The highest BCUT2D eigenvalue weighted by Gasteiger charge is 2.55. The second-order valence-corrected chi connectivity index (χ2v) is 7.34. The van der Waals surface area contributed by atoms with Gasteiger partial charge in [0.1, 0.15) is 5.65 Å². The Morgan fingerprint density at radius 3 is 2.44 bits per heavy atom. The van der Waals surface area contributed by atoms with Crippen molar-refractivity contribution in [1.82, 2.24) is 9.38 Å². The number of fused-ring (bicyclic) bond motifs is 1. The minimum atomic E-state index is -5.54. The molecule has 1 unspecified atom stereocenters. The molecule has 25 heavy (non-hydrogen) atoms. The van der Waals surface area contributed by atoms with Gasteiger partial charge in [0.15, 0.2) is 0 Å². The Bertz CT molecular complexity index is 985. The van der Waals surface area contributed by atoms with Gasteiger partial charge >= 0.3 is 19.0 Å². The Balaban J connectivity index is 2.08. The zero-order valence-corrected chi connectivity index (χ0v) is 13.7. The fourth-order valence-electron chi connectivity index (χ4n) is 2.51. The van der Waals surface area contributed by atoms with Gasteiger partial charge in [0.05, 0.1) is 0 Å². The van der Waals surface area contributed by atoms with Crippen molar-refractivity contribution in [2.24, 2.45) is 0 Å². The first-order valence-electron chi connectivity index (χ1n) is 7.22. The first-order valence-corrected chi connectivity index (χ1v) is 8.83. The van der Waals surface area contributed by atoms with Crippen molar-refractivity contribution in [3.05, 3.63) is 60.6 Å². The number of halogens is 1. The Hall–Kier alpha value is -2.54. The van der Waals surface area contributed by atoms with Crippen molar-refractivity contribution in [1.29, 1.82) is 0 Å². The molecule has 0 bridgehead atoms. The molecule has 0 aliphatic rings. The molecule has 0 radical (unpaired) electrons. The van der Waals surface area contributed by atoms with Crippen LogP contribution in [-0.2, 0) is 15.8 Å². The summed E-state index contributed by atoms with van der Waals surface area (Å²) in [5.74, 6) is -2.21. The zero-order valence-electron chi connectivity index (χ0n) is 12.8. The Morgan fingerprint density at radius 2 is 1.84 bits per heavy atom. The van der Waals surface area contributed by atoms with E-state index in [0.29, 0.717) is 5.65 Å². The summed E-state index contributed by atoms with van der Waals surface area (Å²) >= 11 is 0. The second kappa shape index (κ2) is 6.07. The summed E-state index contributed by atoms with van der Waals surface area (Å²) in [7, 11) is -5.54. The smallest absolute Gasteiger partial charge is 0.374 e. The molecule has 0 spiro atoms. The molecule has 3 rings (SSSR count). The molecule has 0 aliphatic heterocycles. The Kier molecular flexibility index (Phi) is 4.20. The van der Waals surface area contributed by atoms with E-state index in [9.17, 15) is 13.8 Å². The van der Waals surface area contributed by atoms with Gasteiger partial charge < -0.3 is 19.3 Å². The van der Waals surface area contributed by atoms with Crippen molar-refractivity contribution in [2.75, 3.05) is 0 Å². The molecule has 0 saturated heterocycles. The van der Waals surface area contributed by atoms with E-state index >= 15 is 0 Å². The predicted molar refractivity (Wildman–Crippen MR) is 87.9 cm³/mol. The van der Waals surface area contributed by atoms with Crippen molar-refractivity contribution >= 4 is 19.2 Å². The van der Waals surface area contributed by atoms with Crippen LogP contribution in [0.15, 0.2) is 54.9 Å². The van der Waals surface area contributed by atoms with Gasteiger partial charge in [0, 0.05) is 24.5 Å². The number of pyridine rings is 1. The lowest BCUT2D eigenvalue weighted by Crippen LogP contribution is -2.36. The second-order valence-electron chi connectivity index (χ2n) is 5.55. The van der Waals surface area contributed by atoms with Gasteiger partial charge in [0.2, 0.25) is 0 Å². The van der Waals surface area contributed by atoms with Crippen molar-refractivity contribution in [3.63, 3.8) is 0 Å². The summed E-state index contributed by atoms with van der Waals surface area (Å²) in [4.78, 5) is 33.4. The van der Waals surface area contributed by atoms with Gasteiger partial charge in [0.25, 0.3) is 0 Å². The minimum Gasteiger partial charge on any atom is -0.478 e. The first-order chi connectivity index (χ1) is 11.7. The number of alkyl halides is 1. The molecule has 0 aliphatic carbocycles. The van der Waals surface area contributed by atoms with Crippen molar-refractivity contribution in [3.8, 4) is 11.1 Å². The molecule has 3 aromatic rings. The highest BCUT2D eigenvalue weighted by Crippen LogP contribution is 2.53. The number of aromatic nitrogens is 2. The minimum absolute atomic E-state index is 0.0426. The van der Waals surface area contributed by atoms with Gasteiger partial charge in [-0.2, -0.15) is 0 Å². The highest BCUT2D eigenvalue weighted by atomic mass is 31.2. The maximum absolute atomic E-state index is 14.5. The van der Waals surface area contributed by atoms with E-state index in [1.54, 1.807) is 18.3 Å². The van der Waals surface area contributed by atoms with Crippen LogP contribution in [0, 0.1) is 0 Å². The van der Waals surface area contributed by atoms with Crippen LogP contribution in [-0.4, -0.2) is 35.7 Å². The van der Waals surface area contributed by atoms with E-state index in [0.717, 1.165) is 11.1 Å². The van der Waals surface area contributed by atoms with Crippen LogP contribution in [0.1, 0.15) is 5.69 Å². The molecule has 0 amide bonds. The Morgan fingerprint density at radius 1 is 1.16 bits per heavy atom. The summed E-state index contributed by atoms with van der Waals surface area (Å²) in [6, 6.07) is 12.7. The summed E-state index contributed by atoms with van der Waals surface area (Å²) in [6.07, 6.45) is 1.82. The maximum atomic E-state index is 14.5. The van der Waals surface area contributed by atoms with E-state index in [1.807, 2.05) is 30.3 Å². The van der Waals surface area contributed by atoms with Crippen LogP contribution in [0.25, 0.3) is 16.8 Å². The molecule has 0 fully saturated rings. The van der Waals surface area contributed by atoms with Gasteiger partial charge in [-0.15, -0.1) is 0 Å². The van der Waals surface area contributed by atoms with Crippen LogP contribution < -0.4 is 0 Å². The lowest BCUT2D eigenvalue weighted by atomic mass is 10.1. The number of carboxylic acid groups (broad SMARTS) is 1. The predicted octanol–water partition coefficient (Wildman–Crippen LogP) is 2.47. The largest absolute Gasteiger partial charge is 0.478 e. The highest BCUT2D eigenvalue weighted by molar-refractivity contribution is 7.54. The van der Waals surface area contributed by atoms with E-state index < -0.39 is 25.4 Å². The fourth-order valence-corrected chi connectivity index (χ4v) is 3.12. The lowest BCUT2D eigenvalue weighted by Gasteiger charge is -2.21. The number of hydrogen-bond donors (Lipinski definition) is 3. The average molecular weight is 364 g/mol. The third-order valence-corrected chi connectivity index (χ3v) is 5.17. The molecule has 3 N–H and O–H groups in total. The summed E-state index contributed by atoms with van der Waals surface area (Å²) in [5, 5.41) is 5.26. The van der Waals surface area contributed by atoms with E-state index in [-0.39, 0.29) is 5.69 Å². The topological polar surface area (TPSA) is 112 Å². The number of aliphatic carboxylic acids is 1. The maximum Gasteiger partial charge on any atom is 0.374 e. The number of carboxylic acids is 1. The van der Waals surface area contributed by atoms with E-state index in [2.05, 4.69) is 4.98 Å². The molecule has 2 heterocycles. The monoisotopic (exact) mass is 364 g/mol. The summed E-state index contributed by atoms with van der Waals surface area (Å²) < 4.78 is 27.3. The third-order valence-electron chi connectivity index (χ3n) is 3.89. The molecule has 7 nitrogen and oxygen atoms in total. The molecule has 1 atom stereocenters. The van der Waals surface area contributed by atoms with Gasteiger partial charge in [-0.3, -0.25) is 4.57 Å². The van der Waals surface area contributed by atoms with Gasteiger partial charge in [-0.25, -0.2) is 14.2 Å². The quantitative estimate of drug-likeness (QED) is 0.600. The van der Waals surface area contributed by atoms with E-state index in [4.69, 9.17) is 14.9 Å². The SMILES string of the molecule is O=C(O)C(F)(Cc1cnc2ccc(-c3ccccc3)cn12)P(=O)(O)O. The molecule has 0 saturated carbocycles. The molecule has 2 aromatic heterocycles. The normalized spacial score (nSPS) is 14.4. The fraction of sp³-hybridized carbons (Fsp3) is 0.125. The number of hydrogen-bond acceptors (Lipinski definition) is 3. The molecule has 1 aromatic carbocycles. The zero-order chi connectivity index (χ0) is 18.2. The van der Waals surface area contributed by atoms with Crippen LogP contribution in [0.5, 0.6) is 0 Å². The standard InChI is InChI=1S/C16H14FN2O5P/c17-16(15(20)21,25(22,23)24)8-13-9-18-14-7-6-12(10-19(13)14)11-4-2-1-3-5-11/h1-7,9-10H,8H2,(H,20,21)(H2,22,23,24). The number of nitrogens with zero attached hydrogens (tertiary/aromatic N) is 2. The summed E-state index contributed by atoms with van der Waals surface area (Å²) in [5.41, 5.74) is 2.10. The number of benzene rings is 1. The third kappa shape index (κ3) is 3.07. The average Bonchev–Trinajstić information content (AvgIpc) is 2.96. The van der Waals surface area contributed by atoms with Crippen LogP contribution in [0.4, 0.5) is 4.39 Å². The number of imidazole rings is 1. The van der Waals surface area contributed by atoms with Crippen LogP contribution >= 0.6 is 7.60 Å². The lowest BCUT2D eigenvalue weighted by molar-refractivity contribution is -0.146. The number of rotatable bonds is 5.